The number of alkyl halides is 1. The molecular weight excluding hydrogens is 308 g/mol. The lowest BCUT2D eigenvalue weighted by molar-refractivity contribution is -0.117. The highest BCUT2D eigenvalue weighted by Gasteiger charge is 2.32. The minimum absolute atomic E-state index is 0.0137. The van der Waals surface area contributed by atoms with Crippen LogP contribution in [-0.2, 0) is 11.2 Å². The maximum absolute atomic E-state index is 11.7. The molecule has 1 aromatic heterocycles. The van der Waals surface area contributed by atoms with Gasteiger partial charge in [-0.2, -0.15) is 0 Å². The quantitative estimate of drug-likeness (QED) is 0.864. The largest absolute Gasteiger partial charge is 0.477 e. The van der Waals surface area contributed by atoms with Crippen LogP contribution in [0.2, 0.25) is 0 Å². The van der Waals surface area contributed by atoms with Gasteiger partial charge in [0.2, 0.25) is 5.91 Å². The van der Waals surface area contributed by atoms with E-state index in [1.165, 1.54) is 0 Å². The van der Waals surface area contributed by atoms with Gasteiger partial charge in [-0.3, -0.25) is 9.69 Å². The maximum atomic E-state index is 11.7. The van der Waals surface area contributed by atoms with Gasteiger partial charge < -0.3 is 5.11 Å². The summed E-state index contributed by atoms with van der Waals surface area (Å²) in [5.41, 5.74) is 0.545. The number of halogens is 1. The van der Waals surface area contributed by atoms with Crippen LogP contribution in [0.15, 0.2) is 0 Å². The van der Waals surface area contributed by atoms with E-state index in [0.29, 0.717) is 30.2 Å². The molecule has 92 valence electrons. The molecule has 1 unspecified atom stereocenters. The molecule has 0 aliphatic carbocycles. The number of hydrogen-bond acceptors (Lipinski definition) is 4. The third-order valence-corrected chi connectivity index (χ3v) is 4.25. The molecule has 0 saturated carbocycles. The Balaban J connectivity index is 2.34. The van der Waals surface area contributed by atoms with Gasteiger partial charge in [-0.25, -0.2) is 9.78 Å². The second-order valence-electron chi connectivity index (χ2n) is 3.74. The van der Waals surface area contributed by atoms with E-state index in [-0.39, 0.29) is 15.6 Å². The molecule has 0 radical (unpaired) electrons. The molecule has 1 aliphatic rings. The molecule has 1 fully saturated rings. The summed E-state index contributed by atoms with van der Waals surface area (Å²) in [6.45, 7) is 2.40. The fourth-order valence-electron chi connectivity index (χ4n) is 1.71. The molecule has 0 aromatic carbocycles. The third-order valence-electron chi connectivity index (χ3n) is 2.52. The first kappa shape index (κ1) is 12.5. The van der Waals surface area contributed by atoms with Crippen LogP contribution in [0.3, 0.4) is 0 Å². The predicted molar refractivity (Wildman–Crippen MR) is 68.1 cm³/mol. The molecule has 0 spiro atoms. The molecule has 1 N–H and O–H groups in total. The molecule has 1 aliphatic heterocycles. The van der Waals surface area contributed by atoms with Crippen LogP contribution in [-0.4, -0.2) is 33.3 Å². The number of nitrogens with zero attached hydrogens (tertiary/aromatic N) is 2. The van der Waals surface area contributed by atoms with Crippen LogP contribution >= 0.6 is 27.3 Å². The van der Waals surface area contributed by atoms with Gasteiger partial charge in [-0.15, -0.1) is 0 Å². The number of anilines is 1. The van der Waals surface area contributed by atoms with Crippen LogP contribution in [0.1, 0.15) is 28.7 Å². The number of aromatic nitrogens is 1. The first-order valence-electron chi connectivity index (χ1n) is 5.20. The number of aromatic carboxylic acids is 1. The fourth-order valence-corrected chi connectivity index (χ4v) is 3.30. The lowest BCUT2D eigenvalue weighted by Crippen LogP contribution is -2.24. The number of amides is 1. The minimum atomic E-state index is -0.979. The van der Waals surface area contributed by atoms with E-state index in [2.05, 4.69) is 20.9 Å². The summed E-state index contributed by atoms with van der Waals surface area (Å²) in [4.78, 5) is 28.8. The smallest absolute Gasteiger partial charge is 0.347 e. The van der Waals surface area contributed by atoms with Crippen molar-refractivity contribution in [2.24, 2.45) is 0 Å². The van der Waals surface area contributed by atoms with Gasteiger partial charge in [-0.05, 0) is 6.42 Å². The summed E-state index contributed by atoms with van der Waals surface area (Å²) in [6, 6.07) is 0. The second kappa shape index (κ2) is 4.73. The van der Waals surface area contributed by atoms with E-state index in [1.807, 2.05) is 6.92 Å². The number of rotatable bonds is 3. The van der Waals surface area contributed by atoms with Crippen LogP contribution in [0, 0.1) is 0 Å². The van der Waals surface area contributed by atoms with E-state index >= 15 is 0 Å². The van der Waals surface area contributed by atoms with E-state index in [4.69, 9.17) is 5.11 Å². The van der Waals surface area contributed by atoms with Crippen molar-refractivity contribution in [3.63, 3.8) is 0 Å². The number of aryl methyl sites for hydroxylation is 1. The molecule has 0 bridgehead atoms. The molecule has 2 rings (SSSR count). The van der Waals surface area contributed by atoms with Crippen LogP contribution in [0.5, 0.6) is 0 Å². The normalized spacial score (nSPS) is 20.0. The summed E-state index contributed by atoms with van der Waals surface area (Å²) >= 11 is 4.45. The van der Waals surface area contributed by atoms with Gasteiger partial charge >= 0.3 is 5.97 Å². The molecule has 5 nitrogen and oxygen atoms in total. The van der Waals surface area contributed by atoms with Crippen molar-refractivity contribution in [1.82, 2.24) is 4.98 Å². The summed E-state index contributed by atoms with van der Waals surface area (Å²) in [5.74, 6) is -0.993. The molecule has 7 heteroatoms. The van der Waals surface area contributed by atoms with Crippen molar-refractivity contribution in [2.75, 3.05) is 11.4 Å². The highest BCUT2D eigenvalue weighted by atomic mass is 79.9. The fraction of sp³-hybridized carbons (Fsp3) is 0.500. The van der Waals surface area contributed by atoms with Crippen molar-refractivity contribution in [2.45, 2.75) is 24.6 Å². The highest BCUT2D eigenvalue weighted by molar-refractivity contribution is 9.09. The Morgan fingerprint density at radius 3 is 2.82 bits per heavy atom. The van der Waals surface area contributed by atoms with Crippen molar-refractivity contribution < 1.29 is 14.7 Å². The summed E-state index contributed by atoms with van der Waals surface area (Å²) < 4.78 is 0. The SMILES string of the molecule is CCc1nc(N2CC(Br)CC2=O)sc1C(=O)O. The first-order chi connectivity index (χ1) is 8.02. The number of carboxylic acids is 1. The van der Waals surface area contributed by atoms with E-state index in [1.54, 1.807) is 4.90 Å². The summed E-state index contributed by atoms with van der Waals surface area (Å²) in [6.07, 6.45) is 0.987. The Morgan fingerprint density at radius 1 is 1.71 bits per heavy atom. The molecule has 1 saturated heterocycles. The van der Waals surface area contributed by atoms with Crippen LogP contribution in [0.25, 0.3) is 0 Å². The Labute approximate surface area is 111 Å². The topological polar surface area (TPSA) is 70.5 Å². The molecule has 17 heavy (non-hydrogen) atoms. The molecule has 2 heterocycles. The zero-order valence-corrected chi connectivity index (χ0v) is 11.5. The molecule has 1 amide bonds. The third kappa shape index (κ3) is 2.35. The molecule has 1 atom stereocenters. The monoisotopic (exact) mass is 318 g/mol. The zero-order valence-electron chi connectivity index (χ0n) is 9.14. The maximum Gasteiger partial charge on any atom is 0.347 e. The Hall–Kier alpha value is -0.950. The summed E-state index contributed by atoms with van der Waals surface area (Å²) in [5, 5.41) is 9.52. The van der Waals surface area contributed by atoms with Gasteiger partial charge in [0.1, 0.15) is 4.88 Å². The van der Waals surface area contributed by atoms with Gasteiger partial charge in [0.15, 0.2) is 5.13 Å². The average Bonchev–Trinajstić information content (AvgIpc) is 2.81. The van der Waals surface area contributed by atoms with E-state index < -0.39 is 5.97 Å². The minimum Gasteiger partial charge on any atom is -0.477 e. The Bertz CT molecular complexity index is 474. The number of carboxylic acid groups (broad SMARTS) is 1. The number of hydrogen-bond donors (Lipinski definition) is 1. The highest BCUT2D eigenvalue weighted by Crippen LogP contribution is 2.31. The second-order valence-corrected chi connectivity index (χ2v) is 6.01. The molecular formula is C10H11BrN2O3S. The van der Waals surface area contributed by atoms with Gasteiger partial charge in [0.25, 0.3) is 0 Å². The predicted octanol–water partition coefficient (Wildman–Crippen LogP) is 1.90. The van der Waals surface area contributed by atoms with Gasteiger partial charge in [0.05, 0.1) is 5.69 Å². The van der Waals surface area contributed by atoms with Crippen LogP contribution in [0.4, 0.5) is 5.13 Å². The lowest BCUT2D eigenvalue weighted by Gasteiger charge is -2.10. The first-order valence-corrected chi connectivity index (χ1v) is 6.93. The van der Waals surface area contributed by atoms with Crippen molar-refractivity contribution in [1.29, 1.82) is 0 Å². The van der Waals surface area contributed by atoms with Gasteiger partial charge in [-0.1, -0.05) is 34.2 Å². The average molecular weight is 319 g/mol. The number of carbonyl (C=O) groups is 2. The number of thiazole rings is 1. The van der Waals surface area contributed by atoms with Crippen LogP contribution < -0.4 is 4.90 Å². The van der Waals surface area contributed by atoms with E-state index in [0.717, 1.165) is 11.3 Å². The summed E-state index contributed by atoms with van der Waals surface area (Å²) in [7, 11) is 0. The van der Waals surface area contributed by atoms with Gasteiger partial charge in [0, 0.05) is 17.8 Å². The van der Waals surface area contributed by atoms with Crippen molar-refractivity contribution in [3.05, 3.63) is 10.6 Å². The standard InChI is InChI=1S/C10H11BrN2O3S/c1-2-6-8(9(15)16)17-10(12-6)13-4-5(11)3-7(13)14/h5H,2-4H2,1H3,(H,15,16). The Morgan fingerprint density at radius 2 is 2.41 bits per heavy atom. The number of carbonyl (C=O) groups excluding carboxylic acids is 1. The Kier molecular flexibility index (Phi) is 3.48. The van der Waals surface area contributed by atoms with Crippen molar-refractivity contribution >= 4 is 44.3 Å². The zero-order chi connectivity index (χ0) is 12.6. The van der Waals surface area contributed by atoms with Crippen molar-refractivity contribution in [3.8, 4) is 0 Å². The van der Waals surface area contributed by atoms with E-state index in [9.17, 15) is 9.59 Å². The lowest BCUT2D eigenvalue weighted by atomic mass is 10.3. The molecule has 1 aromatic rings.